The molecule has 2 N–H and O–H groups in total. The molecular formula is C15H26N2O2S. The van der Waals surface area contributed by atoms with Crippen LogP contribution in [0, 0.1) is 0 Å². The minimum absolute atomic E-state index is 0.322. The summed E-state index contributed by atoms with van der Waals surface area (Å²) < 4.78 is 26.4. The van der Waals surface area contributed by atoms with Crippen molar-refractivity contribution in [3.63, 3.8) is 0 Å². The first-order valence-corrected chi connectivity index (χ1v) is 8.92. The molecular weight excluding hydrogens is 272 g/mol. The van der Waals surface area contributed by atoms with Crippen molar-refractivity contribution in [3.8, 4) is 0 Å². The second-order valence-electron chi connectivity index (χ2n) is 4.91. The lowest BCUT2D eigenvalue weighted by atomic mass is 10.2. The smallest absolute Gasteiger partial charge is 0.240 e. The highest BCUT2D eigenvalue weighted by molar-refractivity contribution is 7.89. The third-order valence-electron chi connectivity index (χ3n) is 3.07. The van der Waals surface area contributed by atoms with Gasteiger partial charge in [0.05, 0.1) is 4.90 Å². The molecule has 0 aliphatic rings. The van der Waals surface area contributed by atoms with Gasteiger partial charge in [0.25, 0.3) is 0 Å². The van der Waals surface area contributed by atoms with Gasteiger partial charge < -0.3 is 5.32 Å². The van der Waals surface area contributed by atoms with Crippen molar-refractivity contribution in [3.05, 3.63) is 24.3 Å². The van der Waals surface area contributed by atoms with Gasteiger partial charge in [-0.05, 0) is 37.1 Å². The Kier molecular flexibility index (Phi) is 7.62. The molecule has 0 aliphatic carbocycles. The molecule has 0 aromatic heterocycles. The molecule has 1 rings (SSSR count). The Hall–Kier alpha value is -1.07. The van der Waals surface area contributed by atoms with E-state index in [1.807, 2.05) is 19.1 Å². The van der Waals surface area contributed by atoms with Crippen LogP contribution < -0.4 is 10.0 Å². The third-order valence-corrected chi connectivity index (χ3v) is 4.54. The van der Waals surface area contributed by atoms with Crippen LogP contribution in [0.4, 0.5) is 5.69 Å². The van der Waals surface area contributed by atoms with E-state index in [0.717, 1.165) is 25.1 Å². The van der Waals surface area contributed by atoms with Gasteiger partial charge in [-0.3, -0.25) is 0 Å². The van der Waals surface area contributed by atoms with E-state index in [1.54, 1.807) is 12.1 Å². The molecule has 0 amide bonds. The Labute approximate surface area is 123 Å². The largest absolute Gasteiger partial charge is 0.385 e. The standard InChI is InChI=1S/C15H26N2O2S/c1-3-5-6-7-13-16-14-8-10-15(11-9-14)20(18,19)17-12-4-2/h8-11,16-17H,3-7,12-13H2,1-2H3. The molecule has 0 atom stereocenters. The van der Waals surface area contributed by atoms with Gasteiger partial charge in [0.2, 0.25) is 10.0 Å². The molecule has 1 aromatic carbocycles. The van der Waals surface area contributed by atoms with E-state index >= 15 is 0 Å². The van der Waals surface area contributed by atoms with Crippen molar-refractivity contribution in [2.75, 3.05) is 18.4 Å². The number of sulfonamides is 1. The van der Waals surface area contributed by atoms with Crippen LogP contribution in [0.3, 0.4) is 0 Å². The average Bonchev–Trinajstić information content (AvgIpc) is 2.45. The van der Waals surface area contributed by atoms with Gasteiger partial charge in [-0.2, -0.15) is 0 Å². The van der Waals surface area contributed by atoms with Gasteiger partial charge in [-0.25, -0.2) is 13.1 Å². The zero-order chi connectivity index (χ0) is 14.8. The molecule has 114 valence electrons. The normalized spacial score (nSPS) is 11.5. The molecule has 0 aliphatic heterocycles. The molecule has 0 radical (unpaired) electrons. The summed E-state index contributed by atoms with van der Waals surface area (Å²) in [5.74, 6) is 0. The van der Waals surface area contributed by atoms with Crippen LogP contribution in [-0.4, -0.2) is 21.5 Å². The quantitative estimate of drug-likeness (QED) is 0.651. The molecule has 0 fully saturated rings. The van der Waals surface area contributed by atoms with Gasteiger partial charge in [0.15, 0.2) is 0 Å². The van der Waals surface area contributed by atoms with E-state index in [4.69, 9.17) is 0 Å². The van der Waals surface area contributed by atoms with E-state index in [0.29, 0.717) is 11.4 Å². The lowest BCUT2D eigenvalue weighted by molar-refractivity contribution is 0.581. The molecule has 4 nitrogen and oxygen atoms in total. The summed E-state index contributed by atoms with van der Waals surface area (Å²) in [6, 6.07) is 6.93. The summed E-state index contributed by atoms with van der Waals surface area (Å²) >= 11 is 0. The number of hydrogen-bond donors (Lipinski definition) is 2. The molecule has 0 unspecified atom stereocenters. The maximum absolute atomic E-state index is 11.9. The van der Waals surface area contributed by atoms with E-state index < -0.39 is 10.0 Å². The van der Waals surface area contributed by atoms with Crippen molar-refractivity contribution < 1.29 is 8.42 Å². The predicted molar refractivity (Wildman–Crippen MR) is 84.6 cm³/mol. The molecule has 0 saturated heterocycles. The Morgan fingerprint density at radius 2 is 1.60 bits per heavy atom. The van der Waals surface area contributed by atoms with Gasteiger partial charge in [0, 0.05) is 18.8 Å². The van der Waals surface area contributed by atoms with Crippen LogP contribution in [0.25, 0.3) is 0 Å². The molecule has 0 spiro atoms. The Bertz CT molecular complexity index is 469. The van der Waals surface area contributed by atoms with Gasteiger partial charge in [-0.1, -0.05) is 33.1 Å². The van der Waals surface area contributed by atoms with Crippen molar-refractivity contribution in [1.82, 2.24) is 4.72 Å². The van der Waals surface area contributed by atoms with Gasteiger partial charge >= 0.3 is 0 Å². The van der Waals surface area contributed by atoms with Crippen LogP contribution in [0.1, 0.15) is 46.0 Å². The number of hydrogen-bond acceptors (Lipinski definition) is 3. The molecule has 5 heteroatoms. The van der Waals surface area contributed by atoms with E-state index in [2.05, 4.69) is 17.0 Å². The molecule has 1 aromatic rings. The second-order valence-corrected chi connectivity index (χ2v) is 6.68. The van der Waals surface area contributed by atoms with Crippen LogP contribution >= 0.6 is 0 Å². The molecule has 0 saturated carbocycles. The van der Waals surface area contributed by atoms with Gasteiger partial charge in [0.1, 0.15) is 0 Å². The summed E-state index contributed by atoms with van der Waals surface area (Å²) in [4.78, 5) is 0.322. The predicted octanol–water partition coefficient (Wildman–Crippen LogP) is 3.37. The second kappa shape index (κ2) is 8.97. The Balaban J connectivity index is 2.47. The number of rotatable bonds is 10. The Morgan fingerprint density at radius 3 is 2.20 bits per heavy atom. The highest BCUT2D eigenvalue weighted by Crippen LogP contribution is 2.14. The highest BCUT2D eigenvalue weighted by Gasteiger charge is 2.12. The average molecular weight is 298 g/mol. The van der Waals surface area contributed by atoms with Crippen LogP contribution in [0.2, 0.25) is 0 Å². The maximum atomic E-state index is 11.9. The number of benzene rings is 1. The summed E-state index contributed by atoms with van der Waals surface area (Å²) in [7, 11) is -3.35. The van der Waals surface area contributed by atoms with Gasteiger partial charge in [-0.15, -0.1) is 0 Å². The fraction of sp³-hybridized carbons (Fsp3) is 0.600. The SMILES string of the molecule is CCCCCCNc1ccc(S(=O)(=O)NCCC)cc1. The summed E-state index contributed by atoms with van der Waals surface area (Å²) in [6.45, 7) is 5.53. The molecule has 20 heavy (non-hydrogen) atoms. The lowest BCUT2D eigenvalue weighted by Gasteiger charge is -2.08. The Morgan fingerprint density at radius 1 is 0.900 bits per heavy atom. The minimum atomic E-state index is -3.35. The summed E-state index contributed by atoms with van der Waals surface area (Å²) in [6.07, 6.45) is 5.67. The van der Waals surface area contributed by atoms with E-state index in [1.165, 1.54) is 19.3 Å². The fourth-order valence-electron chi connectivity index (χ4n) is 1.86. The van der Waals surface area contributed by atoms with Crippen LogP contribution in [0.15, 0.2) is 29.2 Å². The molecule has 0 heterocycles. The summed E-state index contributed by atoms with van der Waals surface area (Å²) in [5.41, 5.74) is 0.968. The minimum Gasteiger partial charge on any atom is -0.385 e. The topological polar surface area (TPSA) is 58.2 Å². The van der Waals surface area contributed by atoms with E-state index in [9.17, 15) is 8.42 Å². The van der Waals surface area contributed by atoms with Crippen molar-refractivity contribution in [2.45, 2.75) is 50.8 Å². The zero-order valence-corrected chi connectivity index (χ0v) is 13.3. The van der Waals surface area contributed by atoms with Crippen molar-refractivity contribution in [2.24, 2.45) is 0 Å². The number of unbranched alkanes of at least 4 members (excludes halogenated alkanes) is 3. The lowest BCUT2D eigenvalue weighted by Crippen LogP contribution is -2.24. The zero-order valence-electron chi connectivity index (χ0n) is 12.5. The first-order chi connectivity index (χ1) is 9.60. The molecule has 0 bridgehead atoms. The van der Waals surface area contributed by atoms with Crippen molar-refractivity contribution in [1.29, 1.82) is 0 Å². The number of anilines is 1. The first kappa shape index (κ1) is 17.0. The fourth-order valence-corrected chi connectivity index (χ4v) is 2.99. The van der Waals surface area contributed by atoms with Crippen molar-refractivity contribution >= 4 is 15.7 Å². The number of nitrogens with one attached hydrogen (secondary N) is 2. The first-order valence-electron chi connectivity index (χ1n) is 7.43. The van der Waals surface area contributed by atoms with Crippen LogP contribution in [-0.2, 0) is 10.0 Å². The van der Waals surface area contributed by atoms with Crippen LogP contribution in [0.5, 0.6) is 0 Å². The summed E-state index contributed by atoms with van der Waals surface area (Å²) in [5, 5.41) is 3.31. The monoisotopic (exact) mass is 298 g/mol. The third kappa shape index (κ3) is 5.92. The van der Waals surface area contributed by atoms with E-state index in [-0.39, 0.29) is 0 Å². The maximum Gasteiger partial charge on any atom is 0.240 e. The highest BCUT2D eigenvalue weighted by atomic mass is 32.2.